The number of carbonyl (C=O) groups excluding carboxylic acids is 1. The first kappa shape index (κ1) is 17.9. The Labute approximate surface area is 137 Å². The second kappa shape index (κ2) is 8.42. The van der Waals surface area contributed by atoms with E-state index >= 15 is 0 Å². The van der Waals surface area contributed by atoms with Gasteiger partial charge in [-0.3, -0.25) is 4.79 Å². The van der Waals surface area contributed by atoms with Gasteiger partial charge in [-0.15, -0.1) is 0 Å². The zero-order valence-electron chi connectivity index (χ0n) is 13.5. The Morgan fingerprint density at radius 2 is 2.00 bits per heavy atom. The van der Waals surface area contributed by atoms with Crippen LogP contribution in [0.15, 0.2) is 29.2 Å². The predicted octanol–water partition coefficient (Wildman–Crippen LogP) is 1.63. The molecule has 0 unspecified atom stereocenters. The van der Waals surface area contributed by atoms with Crippen LogP contribution >= 0.6 is 0 Å². The Hall–Kier alpha value is -1.44. The lowest BCUT2D eigenvalue weighted by molar-refractivity contribution is 0.0948. The fourth-order valence-electron chi connectivity index (χ4n) is 2.57. The highest BCUT2D eigenvalue weighted by molar-refractivity contribution is 7.89. The molecule has 1 aliphatic rings. The van der Waals surface area contributed by atoms with Crippen LogP contribution in [0.5, 0.6) is 0 Å². The van der Waals surface area contributed by atoms with Crippen LogP contribution in [0.1, 0.15) is 36.0 Å². The number of nitrogens with one attached hydrogen (secondary N) is 1. The minimum absolute atomic E-state index is 0.184. The molecule has 1 N–H and O–H groups in total. The zero-order valence-corrected chi connectivity index (χ0v) is 14.3. The monoisotopic (exact) mass is 340 g/mol. The normalized spacial score (nSPS) is 16.2. The third-order valence-corrected chi connectivity index (χ3v) is 5.75. The fraction of sp³-hybridized carbons (Fsp3) is 0.562. The van der Waals surface area contributed by atoms with Crippen LogP contribution in [0.25, 0.3) is 0 Å². The Balaban J connectivity index is 2.08. The summed E-state index contributed by atoms with van der Waals surface area (Å²) >= 11 is 0. The Bertz CT molecular complexity index is 625. The number of nitrogens with zero attached hydrogens (tertiary/aromatic N) is 1. The zero-order chi connectivity index (χ0) is 16.7. The first-order valence-corrected chi connectivity index (χ1v) is 9.37. The van der Waals surface area contributed by atoms with Gasteiger partial charge in [0.1, 0.15) is 0 Å². The number of sulfonamides is 1. The summed E-state index contributed by atoms with van der Waals surface area (Å²) < 4.78 is 31.7. The lowest BCUT2D eigenvalue weighted by atomic mass is 10.2. The predicted molar refractivity (Wildman–Crippen MR) is 87.9 cm³/mol. The van der Waals surface area contributed by atoms with Crippen molar-refractivity contribution in [3.8, 4) is 0 Å². The summed E-state index contributed by atoms with van der Waals surface area (Å²) in [6, 6.07) is 6.24. The van der Waals surface area contributed by atoms with Crippen LogP contribution < -0.4 is 5.32 Å². The van der Waals surface area contributed by atoms with Crippen LogP contribution in [0.2, 0.25) is 0 Å². The molecular formula is C16H24N2O4S. The topological polar surface area (TPSA) is 75.7 Å². The number of piperidine rings is 1. The van der Waals surface area contributed by atoms with Crippen LogP contribution in [-0.2, 0) is 14.8 Å². The molecule has 6 nitrogen and oxygen atoms in total. The summed E-state index contributed by atoms with van der Waals surface area (Å²) in [6.45, 7) is 2.17. The number of carbonyl (C=O) groups is 1. The number of rotatable bonds is 7. The highest BCUT2D eigenvalue weighted by Crippen LogP contribution is 2.21. The second-order valence-corrected chi connectivity index (χ2v) is 7.53. The lowest BCUT2D eigenvalue weighted by Crippen LogP contribution is -2.35. The molecule has 1 aliphatic heterocycles. The van der Waals surface area contributed by atoms with Gasteiger partial charge in [0.2, 0.25) is 10.0 Å². The van der Waals surface area contributed by atoms with Gasteiger partial charge in [0, 0.05) is 38.9 Å². The van der Waals surface area contributed by atoms with E-state index in [1.807, 2.05) is 0 Å². The minimum atomic E-state index is -3.51. The number of benzene rings is 1. The van der Waals surface area contributed by atoms with Crippen LogP contribution in [0.4, 0.5) is 0 Å². The van der Waals surface area contributed by atoms with E-state index in [9.17, 15) is 13.2 Å². The minimum Gasteiger partial charge on any atom is -0.385 e. The van der Waals surface area contributed by atoms with Gasteiger partial charge in [-0.2, -0.15) is 4.31 Å². The third-order valence-electron chi connectivity index (χ3n) is 3.86. The molecule has 0 radical (unpaired) electrons. The van der Waals surface area contributed by atoms with E-state index in [0.717, 1.165) is 19.3 Å². The molecule has 0 aliphatic carbocycles. The van der Waals surface area contributed by atoms with Gasteiger partial charge in [-0.05, 0) is 37.5 Å². The first-order chi connectivity index (χ1) is 11.1. The van der Waals surface area contributed by atoms with Crippen LogP contribution in [0.3, 0.4) is 0 Å². The van der Waals surface area contributed by atoms with Gasteiger partial charge in [-0.25, -0.2) is 8.42 Å². The van der Waals surface area contributed by atoms with Crippen molar-refractivity contribution in [2.24, 2.45) is 0 Å². The molecular weight excluding hydrogens is 316 g/mol. The molecule has 0 saturated carbocycles. The second-order valence-electron chi connectivity index (χ2n) is 5.59. The molecule has 0 spiro atoms. The van der Waals surface area contributed by atoms with Crippen molar-refractivity contribution in [3.05, 3.63) is 29.8 Å². The summed E-state index contributed by atoms with van der Waals surface area (Å²) in [4.78, 5) is 12.3. The third kappa shape index (κ3) is 4.76. The Morgan fingerprint density at radius 3 is 2.70 bits per heavy atom. The molecule has 7 heteroatoms. The van der Waals surface area contributed by atoms with Crippen molar-refractivity contribution < 1.29 is 17.9 Å². The first-order valence-electron chi connectivity index (χ1n) is 7.93. The lowest BCUT2D eigenvalue weighted by Gasteiger charge is -2.26. The van der Waals surface area contributed by atoms with E-state index in [1.54, 1.807) is 25.3 Å². The summed E-state index contributed by atoms with van der Waals surface area (Å²) in [5.41, 5.74) is 0.362. The van der Waals surface area contributed by atoms with Gasteiger partial charge in [0.25, 0.3) is 5.91 Å². The fourth-order valence-corrected chi connectivity index (χ4v) is 4.14. The Morgan fingerprint density at radius 1 is 1.26 bits per heavy atom. The average Bonchev–Trinajstić information content (AvgIpc) is 2.59. The van der Waals surface area contributed by atoms with Gasteiger partial charge < -0.3 is 10.1 Å². The summed E-state index contributed by atoms with van der Waals surface area (Å²) in [7, 11) is -1.91. The van der Waals surface area contributed by atoms with Gasteiger partial charge >= 0.3 is 0 Å². The van der Waals surface area contributed by atoms with Crippen molar-refractivity contribution in [2.45, 2.75) is 30.6 Å². The molecule has 0 aromatic heterocycles. The highest BCUT2D eigenvalue weighted by Gasteiger charge is 2.26. The van der Waals surface area contributed by atoms with Crippen molar-refractivity contribution >= 4 is 15.9 Å². The van der Waals surface area contributed by atoms with Crippen molar-refractivity contribution in [3.63, 3.8) is 0 Å². The number of ether oxygens (including phenoxy) is 1. The highest BCUT2D eigenvalue weighted by atomic mass is 32.2. The molecule has 1 heterocycles. The van der Waals surface area contributed by atoms with Crippen molar-refractivity contribution in [1.82, 2.24) is 9.62 Å². The Kier molecular flexibility index (Phi) is 6.56. The van der Waals surface area contributed by atoms with E-state index < -0.39 is 10.0 Å². The van der Waals surface area contributed by atoms with Crippen LogP contribution in [0, 0.1) is 0 Å². The number of hydrogen-bond acceptors (Lipinski definition) is 4. The van der Waals surface area contributed by atoms with Crippen LogP contribution in [-0.4, -0.2) is 52.0 Å². The standard InChI is InChI=1S/C16H24N2O4S/c1-22-12-6-9-17-16(19)14-7-5-8-15(13-14)23(20,21)18-10-3-2-4-11-18/h5,7-8,13H,2-4,6,9-12H2,1H3,(H,17,19). The molecule has 2 rings (SSSR count). The van der Waals surface area contributed by atoms with E-state index in [-0.39, 0.29) is 10.8 Å². The maximum atomic E-state index is 12.6. The largest absolute Gasteiger partial charge is 0.385 e. The summed E-state index contributed by atoms with van der Waals surface area (Å²) in [6.07, 6.45) is 3.56. The quantitative estimate of drug-likeness (QED) is 0.766. The van der Waals surface area contributed by atoms with E-state index in [1.165, 1.54) is 10.4 Å². The summed E-state index contributed by atoms with van der Waals surface area (Å²) in [5, 5.41) is 2.76. The molecule has 0 bridgehead atoms. The summed E-state index contributed by atoms with van der Waals surface area (Å²) in [5.74, 6) is -0.267. The van der Waals surface area contributed by atoms with Crippen molar-refractivity contribution in [1.29, 1.82) is 0 Å². The SMILES string of the molecule is COCCCNC(=O)c1cccc(S(=O)(=O)N2CCCCC2)c1. The molecule has 23 heavy (non-hydrogen) atoms. The molecule has 0 atom stereocenters. The molecule has 128 valence electrons. The van der Waals surface area contributed by atoms with Gasteiger partial charge in [-0.1, -0.05) is 12.5 Å². The number of methoxy groups -OCH3 is 1. The number of amides is 1. The maximum Gasteiger partial charge on any atom is 0.251 e. The van der Waals surface area contributed by atoms with E-state index in [0.29, 0.717) is 38.2 Å². The smallest absolute Gasteiger partial charge is 0.251 e. The van der Waals surface area contributed by atoms with Crippen molar-refractivity contribution in [2.75, 3.05) is 33.4 Å². The number of hydrogen-bond donors (Lipinski definition) is 1. The molecule has 1 aromatic carbocycles. The molecule has 1 aromatic rings. The van der Waals surface area contributed by atoms with E-state index in [2.05, 4.69) is 5.32 Å². The van der Waals surface area contributed by atoms with Gasteiger partial charge in [0.15, 0.2) is 0 Å². The van der Waals surface area contributed by atoms with Gasteiger partial charge in [0.05, 0.1) is 4.90 Å². The average molecular weight is 340 g/mol. The molecule has 1 saturated heterocycles. The maximum absolute atomic E-state index is 12.6. The van der Waals surface area contributed by atoms with E-state index in [4.69, 9.17) is 4.74 Å². The molecule has 1 amide bonds. The molecule has 1 fully saturated rings.